The molecule has 1 heterocycles. The van der Waals surface area contributed by atoms with Gasteiger partial charge in [0.25, 0.3) is 11.6 Å². The molecule has 2 rings (SSSR count). The lowest BCUT2D eigenvalue weighted by atomic mass is 9.90. The molecule has 130 valence electrons. The Morgan fingerprint density at radius 1 is 1.29 bits per heavy atom. The van der Waals surface area contributed by atoms with Crippen molar-refractivity contribution < 1.29 is 29.1 Å². The van der Waals surface area contributed by atoms with Crippen molar-refractivity contribution in [2.45, 2.75) is 13.3 Å². The van der Waals surface area contributed by atoms with Gasteiger partial charge in [0.2, 0.25) is 0 Å². The van der Waals surface area contributed by atoms with Gasteiger partial charge in [-0.05, 0) is 13.3 Å². The molecule has 0 radical (unpaired) electrons. The molecule has 1 aromatic carbocycles. The minimum atomic E-state index is -1.05. The fourth-order valence-electron chi connectivity index (χ4n) is 2.67. The molecule has 9 heteroatoms. The third-order valence-electron chi connectivity index (χ3n) is 4.21. The maximum Gasteiger partial charge on any atom is 0.311 e. The van der Waals surface area contributed by atoms with Crippen LogP contribution in [0.3, 0.4) is 0 Å². The molecule has 24 heavy (non-hydrogen) atoms. The number of methoxy groups -OCH3 is 2. The van der Waals surface area contributed by atoms with Gasteiger partial charge in [0.15, 0.2) is 11.5 Å². The second-order valence-corrected chi connectivity index (χ2v) is 5.82. The van der Waals surface area contributed by atoms with Crippen LogP contribution < -0.4 is 9.47 Å². The number of hydrogen-bond donors (Lipinski definition) is 1. The van der Waals surface area contributed by atoms with Crippen LogP contribution in [0.4, 0.5) is 5.69 Å². The fourth-order valence-corrected chi connectivity index (χ4v) is 2.67. The van der Waals surface area contributed by atoms with Crippen LogP contribution in [0, 0.1) is 15.5 Å². The van der Waals surface area contributed by atoms with Gasteiger partial charge in [-0.3, -0.25) is 19.7 Å². The largest absolute Gasteiger partial charge is 0.493 e. The number of rotatable bonds is 5. The van der Waals surface area contributed by atoms with Crippen molar-refractivity contribution in [1.82, 2.24) is 4.90 Å². The van der Waals surface area contributed by atoms with Gasteiger partial charge >= 0.3 is 5.97 Å². The Bertz CT molecular complexity index is 703. The number of amides is 1. The van der Waals surface area contributed by atoms with E-state index in [4.69, 9.17) is 9.47 Å². The zero-order valence-electron chi connectivity index (χ0n) is 13.6. The highest BCUT2D eigenvalue weighted by Gasteiger charge is 2.43. The van der Waals surface area contributed by atoms with Crippen LogP contribution in [0.5, 0.6) is 11.5 Å². The molecule has 9 nitrogen and oxygen atoms in total. The Morgan fingerprint density at radius 2 is 1.88 bits per heavy atom. The molecule has 0 aliphatic carbocycles. The van der Waals surface area contributed by atoms with Gasteiger partial charge in [0, 0.05) is 19.2 Å². The summed E-state index contributed by atoms with van der Waals surface area (Å²) in [6.45, 7) is 1.76. The number of nitrogens with zero attached hydrogens (tertiary/aromatic N) is 2. The molecule has 1 aliphatic rings. The average molecular weight is 338 g/mol. The average Bonchev–Trinajstić information content (AvgIpc) is 2.96. The lowest BCUT2D eigenvalue weighted by molar-refractivity contribution is -0.385. The first-order valence-corrected chi connectivity index (χ1v) is 7.16. The van der Waals surface area contributed by atoms with E-state index in [1.807, 2.05) is 0 Å². The van der Waals surface area contributed by atoms with Crippen LogP contribution >= 0.6 is 0 Å². The minimum Gasteiger partial charge on any atom is -0.493 e. The van der Waals surface area contributed by atoms with E-state index in [1.54, 1.807) is 6.92 Å². The van der Waals surface area contributed by atoms with E-state index < -0.39 is 27.9 Å². The normalized spacial score (nSPS) is 19.9. The van der Waals surface area contributed by atoms with Crippen molar-refractivity contribution in [3.63, 3.8) is 0 Å². The van der Waals surface area contributed by atoms with Crippen LogP contribution in [0.15, 0.2) is 12.1 Å². The molecule has 0 spiro atoms. The van der Waals surface area contributed by atoms with Crippen LogP contribution in [0.2, 0.25) is 0 Å². The van der Waals surface area contributed by atoms with Gasteiger partial charge in [0.1, 0.15) is 5.56 Å². The van der Waals surface area contributed by atoms with Crippen molar-refractivity contribution in [3.8, 4) is 11.5 Å². The highest BCUT2D eigenvalue weighted by molar-refractivity contribution is 5.99. The number of carboxylic acids is 1. The van der Waals surface area contributed by atoms with E-state index in [0.29, 0.717) is 0 Å². The van der Waals surface area contributed by atoms with Gasteiger partial charge in [-0.1, -0.05) is 0 Å². The molecule has 1 amide bonds. The summed E-state index contributed by atoms with van der Waals surface area (Å²) < 4.78 is 10.1. The van der Waals surface area contributed by atoms with Crippen molar-refractivity contribution in [2.75, 3.05) is 27.3 Å². The molecule has 1 N–H and O–H groups in total. The summed E-state index contributed by atoms with van der Waals surface area (Å²) >= 11 is 0. The number of benzene rings is 1. The molecular formula is C15H18N2O7. The first-order valence-electron chi connectivity index (χ1n) is 7.16. The SMILES string of the molecule is COc1cc(C(=O)N2CCC(C)(C(=O)O)C2)c([N+](=O)[O-])cc1OC. The highest BCUT2D eigenvalue weighted by Crippen LogP contribution is 2.37. The van der Waals surface area contributed by atoms with Crippen molar-refractivity contribution in [2.24, 2.45) is 5.41 Å². The topological polar surface area (TPSA) is 119 Å². The van der Waals surface area contributed by atoms with Crippen molar-refractivity contribution >= 4 is 17.6 Å². The lowest BCUT2D eigenvalue weighted by Gasteiger charge is -2.20. The van der Waals surface area contributed by atoms with Crippen LogP contribution in [0.1, 0.15) is 23.7 Å². The Morgan fingerprint density at radius 3 is 2.33 bits per heavy atom. The second-order valence-electron chi connectivity index (χ2n) is 5.82. The summed E-state index contributed by atoms with van der Waals surface area (Å²) in [4.78, 5) is 35.9. The number of nitro benzene ring substituents is 1. The van der Waals surface area contributed by atoms with Gasteiger partial charge in [-0.2, -0.15) is 0 Å². The van der Waals surface area contributed by atoms with Gasteiger partial charge < -0.3 is 19.5 Å². The number of carbonyl (C=O) groups excluding carboxylic acids is 1. The van der Waals surface area contributed by atoms with Gasteiger partial charge in [0.05, 0.1) is 30.6 Å². The lowest BCUT2D eigenvalue weighted by Crippen LogP contribution is -2.35. The van der Waals surface area contributed by atoms with E-state index in [-0.39, 0.29) is 36.6 Å². The summed E-state index contributed by atoms with van der Waals surface area (Å²) in [7, 11) is 2.69. The van der Waals surface area contributed by atoms with E-state index >= 15 is 0 Å². The third-order valence-corrected chi connectivity index (χ3v) is 4.21. The minimum absolute atomic E-state index is 0.00728. The molecule has 0 aromatic heterocycles. The standard InChI is InChI=1S/C15H18N2O7/c1-15(14(19)20)4-5-16(8-15)13(18)9-6-11(23-2)12(24-3)7-10(9)17(21)22/h6-7H,4-5,8H2,1-3H3,(H,19,20). The smallest absolute Gasteiger partial charge is 0.311 e. The van der Waals surface area contributed by atoms with Crippen LogP contribution in [-0.2, 0) is 4.79 Å². The van der Waals surface area contributed by atoms with Gasteiger partial charge in [-0.15, -0.1) is 0 Å². The zero-order chi connectivity index (χ0) is 18.1. The predicted molar refractivity (Wildman–Crippen MR) is 82.5 cm³/mol. The van der Waals surface area contributed by atoms with Crippen molar-refractivity contribution in [3.05, 3.63) is 27.8 Å². The summed E-state index contributed by atoms with van der Waals surface area (Å²) in [5.74, 6) is -1.28. The van der Waals surface area contributed by atoms with Crippen molar-refractivity contribution in [1.29, 1.82) is 0 Å². The fraction of sp³-hybridized carbons (Fsp3) is 0.467. The molecule has 1 atom stereocenters. The van der Waals surface area contributed by atoms with E-state index in [9.17, 15) is 24.8 Å². The number of aliphatic carboxylic acids is 1. The number of carboxylic acid groups (broad SMARTS) is 1. The second kappa shape index (κ2) is 6.34. The first kappa shape index (κ1) is 17.5. The molecule has 1 unspecified atom stereocenters. The maximum absolute atomic E-state index is 12.7. The molecule has 1 fully saturated rings. The van der Waals surface area contributed by atoms with Crippen LogP contribution in [-0.4, -0.2) is 54.1 Å². The summed E-state index contributed by atoms with van der Waals surface area (Å²) in [5.41, 5.74) is -1.63. The Hall–Kier alpha value is -2.84. The predicted octanol–water partition coefficient (Wildman–Crippen LogP) is 1.55. The number of ether oxygens (including phenoxy) is 2. The van der Waals surface area contributed by atoms with E-state index in [2.05, 4.69) is 0 Å². The van der Waals surface area contributed by atoms with Gasteiger partial charge in [-0.25, -0.2) is 0 Å². The molecule has 1 aliphatic heterocycles. The monoisotopic (exact) mass is 338 g/mol. The summed E-state index contributed by atoms with van der Waals surface area (Å²) in [6, 6.07) is 2.37. The molecule has 0 saturated carbocycles. The summed E-state index contributed by atoms with van der Waals surface area (Å²) in [5, 5.41) is 20.5. The molecule has 1 aromatic rings. The zero-order valence-corrected chi connectivity index (χ0v) is 13.6. The molecule has 0 bridgehead atoms. The van der Waals surface area contributed by atoms with Crippen LogP contribution in [0.25, 0.3) is 0 Å². The number of hydrogen-bond acceptors (Lipinski definition) is 6. The molecule has 1 saturated heterocycles. The Labute approximate surface area is 137 Å². The Kier molecular flexibility index (Phi) is 4.63. The number of carbonyl (C=O) groups is 2. The van der Waals surface area contributed by atoms with E-state index in [0.717, 1.165) is 6.07 Å². The number of nitro groups is 1. The Balaban J connectivity index is 2.42. The first-order chi connectivity index (χ1) is 11.2. The third kappa shape index (κ3) is 2.97. The maximum atomic E-state index is 12.7. The number of likely N-dealkylation sites (tertiary alicyclic amines) is 1. The van der Waals surface area contributed by atoms with E-state index in [1.165, 1.54) is 25.2 Å². The quantitative estimate of drug-likeness (QED) is 0.639. The summed E-state index contributed by atoms with van der Waals surface area (Å²) in [6.07, 6.45) is 0.287. The molecular weight excluding hydrogens is 320 g/mol. The highest BCUT2D eigenvalue weighted by atomic mass is 16.6.